The van der Waals surface area contributed by atoms with Crippen molar-refractivity contribution in [1.82, 2.24) is 0 Å². The molecule has 0 bridgehead atoms. The molecule has 23 heavy (non-hydrogen) atoms. The van der Waals surface area contributed by atoms with Gasteiger partial charge in [-0.15, -0.1) is 0 Å². The van der Waals surface area contributed by atoms with E-state index in [1.165, 1.54) is 12.3 Å². The van der Waals surface area contributed by atoms with Crippen LogP contribution in [-0.4, -0.2) is 5.78 Å². The van der Waals surface area contributed by atoms with Gasteiger partial charge in [0.1, 0.15) is 16.9 Å². The SMILES string of the molecule is CC(=O)c1cc2ccccc2o1.CCc1cc2ccccc2o1. The maximum absolute atomic E-state index is 10.9. The van der Waals surface area contributed by atoms with E-state index in [2.05, 4.69) is 19.1 Å². The topological polar surface area (TPSA) is 43.4 Å². The fraction of sp³-hybridized carbons (Fsp3) is 0.150. The minimum atomic E-state index is -0.0359. The second kappa shape index (κ2) is 6.53. The lowest BCUT2D eigenvalue weighted by molar-refractivity contribution is 0.0989. The number of hydrogen-bond donors (Lipinski definition) is 0. The van der Waals surface area contributed by atoms with Crippen molar-refractivity contribution in [3.8, 4) is 0 Å². The first-order valence-electron chi connectivity index (χ1n) is 7.64. The predicted molar refractivity (Wildman–Crippen MR) is 91.8 cm³/mol. The van der Waals surface area contributed by atoms with Gasteiger partial charge in [0.15, 0.2) is 11.5 Å². The molecule has 2 aromatic heterocycles. The average molecular weight is 306 g/mol. The van der Waals surface area contributed by atoms with Gasteiger partial charge in [0.2, 0.25) is 0 Å². The summed E-state index contributed by atoms with van der Waals surface area (Å²) in [7, 11) is 0. The van der Waals surface area contributed by atoms with Crippen LogP contribution in [0.2, 0.25) is 0 Å². The molecule has 0 aliphatic heterocycles. The molecule has 0 saturated carbocycles. The monoisotopic (exact) mass is 306 g/mol. The van der Waals surface area contributed by atoms with Crippen molar-refractivity contribution >= 4 is 27.7 Å². The Morgan fingerprint density at radius 1 is 0.870 bits per heavy atom. The average Bonchev–Trinajstić information content (AvgIpc) is 3.19. The summed E-state index contributed by atoms with van der Waals surface area (Å²) >= 11 is 0. The van der Waals surface area contributed by atoms with Crippen molar-refractivity contribution in [3.63, 3.8) is 0 Å². The molecule has 2 aromatic carbocycles. The van der Waals surface area contributed by atoms with Crippen LogP contribution >= 0.6 is 0 Å². The minimum absolute atomic E-state index is 0.0359. The molecule has 0 saturated heterocycles. The van der Waals surface area contributed by atoms with Gasteiger partial charge in [-0.3, -0.25) is 4.79 Å². The van der Waals surface area contributed by atoms with E-state index in [1.807, 2.05) is 42.5 Å². The van der Waals surface area contributed by atoms with Gasteiger partial charge < -0.3 is 8.83 Å². The first kappa shape index (κ1) is 15.1. The summed E-state index contributed by atoms with van der Waals surface area (Å²) in [5.41, 5.74) is 1.76. The highest BCUT2D eigenvalue weighted by Gasteiger charge is 2.05. The van der Waals surface area contributed by atoms with Gasteiger partial charge in [-0.05, 0) is 24.3 Å². The van der Waals surface area contributed by atoms with Crippen LogP contribution in [0.5, 0.6) is 0 Å². The lowest BCUT2D eigenvalue weighted by Crippen LogP contribution is -1.85. The first-order valence-corrected chi connectivity index (χ1v) is 7.64. The molecule has 0 aliphatic rings. The highest BCUT2D eigenvalue weighted by atomic mass is 16.3. The summed E-state index contributed by atoms with van der Waals surface area (Å²) in [5.74, 6) is 1.45. The fourth-order valence-electron chi connectivity index (χ4n) is 2.37. The predicted octanol–water partition coefficient (Wildman–Crippen LogP) is 5.63. The van der Waals surface area contributed by atoms with Crippen LogP contribution in [0, 0.1) is 0 Å². The van der Waals surface area contributed by atoms with E-state index in [-0.39, 0.29) is 5.78 Å². The molecule has 0 N–H and O–H groups in total. The van der Waals surface area contributed by atoms with Gasteiger partial charge in [-0.25, -0.2) is 0 Å². The Balaban J connectivity index is 0.000000136. The number of furan rings is 2. The van der Waals surface area contributed by atoms with Crippen LogP contribution < -0.4 is 0 Å². The highest BCUT2D eigenvalue weighted by Crippen LogP contribution is 2.19. The first-order chi connectivity index (χ1) is 11.2. The van der Waals surface area contributed by atoms with Crippen LogP contribution in [0.4, 0.5) is 0 Å². The number of fused-ring (bicyclic) bond motifs is 2. The van der Waals surface area contributed by atoms with Crippen molar-refractivity contribution in [2.45, 2.75) is 20.3 Å². The Bertz CT molecular complexity index is 878. The molecule has 0 atom stereocenters. The molecular weight excluding hydrogens is 288 g/mol. The molecule has 4 aromatic rings. The van der Waals surface area contributed by atoms with Crippen LogP contribution in [0.25, 0.3) is 21.9 Å². The van der Waals surface area contributed by atoms with Crippen molar-refractivity contribution in [2.75, 3.05) is 0 Å². The molecule has 0 amide bonds. The second-order valence-corrected chi connectivity index (χ2v) is 5.31. The van der Waals surface area contributed by atoms with Crippen LogP contribution in [0.1, 0.15) is 30.2 Å². The number of carbonyl (C=O) groups excluding carboxylic acids is 1. The summed E-state index contributed by atoms with van der Waals surface area (Å²) < 4.78 is 10.8. The molecule has 0 radical (unpaired) electrons. The highest BCUT2D eigenvalue weighted by molar-refractivity contribution is 5.95. The molecular formula is C20H18O3. The Morgan fingerprint density at radius 2 is 1.43 bits per heavy atom. The molecule has 2 heterocycles. The number of aryl methyl sites for hydroxylation is 1. The van der Waals surface area contributed by atoms with E-state index in [9.17, 15) is 4.79 Å². The number of hydrogen-bond acceptors (Lipinski definition) is 3. The zero-order valence-electron chi connectivity index (χ0n) is 13.2. The third-order valence-electron chi connectivity index (χ3n) is 3.60. The van der Waals surface area contributed by atoms with E-state index in [0.717, 1.165) is 28.7 Å². The lowest BCUT2D eigenvalue weighted by Gasteiger charge is -1.83. The van der Waals surface area contributed by atoms with Gasteiger partial charge in [-0.1, -0.05) is 43.3 Å². The smallest absolute Gasteiger partial charge is 0.194 e. The molecule has 3 nitrogen and oxygen atoms in total. The van der Waals surface area contributed by atoms with E-state index in [1.54, 1.807) is 6.07 Å². The molecule has 116 valence electrons. The van der Waals surface area contributed by atoms with Crippen molar-refractivity contribution in [1.29, 1.82) is 0 Å². The third kappa shape index (κ3) is 3.34. The molecule has 0 fully saturated rings. The quantitative estimate of drug-likeness (QED) is 0.451. The minimum Gasteiger partial charge on any atom is -0.461 e. The Labute approximate surface area is 134 Å². The summed E-state index contributed by atoms with van der Waals surface area (Å²) in [5, 5.41) is 2.17. The van der Waals surface area contributed by atoms with E-state index < -0.39 is 0 Å². The zero-order valence-corrected chi connectivity index (χ0v) is 13.2. The van der Waals surface area contributed by atoms with Crippen LogP contribution in [-0.2, 0) is 6.42 Å². The summed E-state index contributed by atoms with van der Waals surface area (Å²) in [4.78, 5) is 10.9. The molecule has 0 aliphatic carbocycles. The largest absolute Gasteiger partial charge is 0.461 e. The van der Waals surface area contributed by atoms with Gasteiger partial charge in [0.25, 0.3) is 0 Å². The van der Waals surface area contributed by atoms with E-state index in [0.29, 0.717) is 5.76 Å². The van der Waals surface area contributed by atoms with Crippen molar-refractivity contribution in [3.05, 3.63) is 72.2 Å². The lowest BCUT2D eigenvalue weighted by atomic mass is 10.2. The number of rotatable bonds is 2. The zero-order chi connectivity index (χ0) is 16.2. The third-order valence-corrected chi connectivity index (χ3v) is 3.60. The Kier molecular flexibility index (Phi) is 4.29. The van der Waals surface area contributed by atoms with E-state index >= 15 is 0 Å². The van der Waals surface area contributed by atoms with Gasteiger partial charge >= 0.3 is 0 Å². The standard InChI is InChI=1S/C10H8O2.C10H10O/c1-7(11)10-6-8-4-2-3-5-9(8)12-10;1-2-9-7-8-5-3-4-6-10(8)11-9/h2-6H,1H3;3-7H,2H2,1H3. The van der Waals surface area contributed by atoms with Crippen molar-refractivity contribution in [2.24, 2.45) is 0 Å². The number of para-hydroxylation sites is 2. The normalized spacial score (nSPS) is 10.5. The number of Topliss-reactive ketones (excluding diaryl/α,β-unsaturated/α-hetero) is 1. The fourth-order valence-corrected chi connectivity index (χ4v) is 2.37. The van der Waals surface area contributed by atoms with Crippen LogP contribution in [0.15, 0.2) is 69.5 Å². The van der Waals surface area contributed by atoms with Crippen molar-refractivity contribution < 1.29 is 13.6 Å². The number of benzene rings is 2. The molecule has 0 unspecified atom stereocenters. The summed E-state index contributed by atoms with van der Waals surface area (Å²) in [6.45, 7) is 3.59. The number of ketones is 1. The van der Waals surface area contributed by atoms with Crippen LogP contribution in [0.3, 0.4) is 0 Å². The van der Waals surface area contributed by atoms with Gasteiger partial charge in [0, 0.05) is 24.1 Å². The van der Waals surface area contributed by atoms with Gasteiger partial charge in [0.05, 0.1) is 0 Å². The van der Waals surface area contributed by atoms with Gasteiger partial charge in [-0.2, -0.15) is 0 Å². The summed E-state index contributed by atoms with van der Waals surface area (Å²) in [6, 6.07) is 19.5. The molecule has 3 heteroatoms. The molecule has 4 rings (SSSR count). The molecule has 0 spiro atoms. The Morgan fingerprint density at radius 3 is 1.96 bits per heavy atom. The summed E-state index contributed by atoms with van der Waals surface area (Å²) in [6.07, 6.45) is 0.967. The Hall–Kier alpha value is -2.81. The number of carbonyl (C=O) groups is 1. The second-order valence-electron chi connectivity index (χ2n) is 5.31. The maximum Gasteiger partial charge on any atom is 0.194 e. The maximum atomic E-state index is 10.9. The van der Waals surface area contributed by atoms with E-state index in [4.69, 9.17) is 8.83 Å².